The number of hydrogen-bond acceptors (Lipinski definition) is 8. The molecule has 4 N–H and O–H groups in total. The van der Waals surface area contributed by atoms with Crippen molar-refractivity contribution in [3.05, 3.63) is 115 Å². The van der Waals surface area contributed by atoms with Crippen LogP contribution in [-0.2, 0) is 0 Å². The Kier molecular flexibility index (Phi) is 8.39. The molecule has 0 fully saturated rings. The van der Waals surface area contributed by atoms with Crippen molar-refractivity contribution >= 4 is 23.2 Å². The van der Waals surface area contributed by atoms with Gasteiger partial charge in [0.2, 0.25) is 0 Å². The summed E-state index contributed by atoms with van der Waals surface area (Å²) >= 11 is 0. The highest BCUT2D eigenvalue weighted by Gasteiger charge is 2.15. The second-order valence-corrected chi connectivity index (χ2v) is 7.73. The van der Waals surface area contributed by atoms with Gasteiger partial charge in [0.1, 0.15) is 0 Å². The molecule has 3 rings (SSSR count). The molecule has 2 amide bonds. The van der Waals surface area contributed by atoms with Gasteiger partial charge in [0.25, 0.3) is 23.2 Å². The second kappa shape index (κ2) is 11.6. The number of nitrogens with zero attached hydrogens (tertiary/aromatic N) is 2. The van der Waals surface area contributed by atoms with E-state index in [0.717, 1.165) is 0 Å². The van der Waals surface area contributed by atoms with Crippen LogP contribution in [0.1, 0.15) is 44.1 Å². The van der Waals surface area contributed by atoms with E-state index in [0.29, 0.717) is 11.1 Å². The van der Waals surface area contributed by atoms with Gasteiger partial charge in [-0.1, -0.05) is 0 Å². The fourth-order valence-corrected chi connectivity index (χ4v) is 3.23. The van der Waals surface area contributed by atoms with Crippen molar-refractivity contribution < 1.29 is 29.6 Å². The molecule has 0 spiro atoms. The van der Waals surface area contributed by atoms with Gasteiger partial charge in [-0.25, -0.2) is 0 Å². The van der Waals surface area contributed by atoms with Gasteiger partial charge in [0.15, 0.2) is 0 Å². The van der Waals surface area contributed by atoms with E-state index >= 15 is 0 Å². The number of nitro groups is 2. The predicted octanol–water partition coefficient (Wildman–Crippen LogP) is 2.43. The third-order valence-electron chi connectivity index (χ3n) is 5.30. The number of non-ortho nitro benzene ring substituents is 2. The summed E-state index contributed by atoms with van der Waals surface area (Å²) in [5.41, 5.74) is 1.08. The van der Waals surface area contributed by atoms with Gasteiger partial charge in [-0.15, -0.1) is 0 Å². The van der Waals surface area contributed by atoms with E-state index in [1.54, 1.807) is 0 Å². The monoisotopic (exact) mass is 494 g/mol. The lowest BCUT2D eigenvalue weighted by Gasteiger charge is -2.13. The predicted molar refractivity (Wildman–Crippen MR) is 127 cm³/mol. The Balaban J connectivity index is 1.49. The van der Waals surface area contributed by atoms with Crippen LogP contribution in [0.25, 0.3) is 0 Å². The van der Waals surface area contributed by atoms with Crippen LogP contribution >= 0.6 is 0 Å². The van der Waals surface area contributed by atoms with Gasteiger partial charge >= 0.3 is 0 Å². The molecular formula is C24H22N4O8. The summed E-state index contributed by atoms with van der Waals surface area (Å²) in [4.78, 5) is 45.0. The number of amides is 2. The summed E-state index contributed by atoms with van der Waals surface area (Å²) < 4.78 is 0. The van der Waals surface area contributed by atoms with Crippen molar-refractivity contribution in [2.24, 2.45) is 0 Å². The Bertz CT molecular complexity index is 1150. The molecule has 2 atom stereocenters. The van der Waals surface area contributed by atoms with Gasteiger partial charge in [-0.2, -0.15) is 0 Å². The largest absolute Gasteiger partial charge is 0.387 e. The third-order valence-corrected chi connectivity index (χ3v) is 5.30. The van der Waals surface area contributed by atoms with Crippen LogP contribution in [0.5, 0.6) is 0 Å². The molecule has 0 radical (unpaired) electrons. The van der Waals surface area contributed by atoms with Crippen LogP contribution in [-0.4, -0.2) is 45.0 Å². The van der Waals surface area contributed by atoms with Gasteiger partial charge in [-0.3, -0.25) is 29.8 Å². The zero-order valence-electron chi connectivity index (χ0n) is 18.7. The molecule has 0 aliphatic carbocycles. The molecule has 0 heterocycles. The average Bonchev–Trinajstić information content (AvgIpc) is 2.90. The average molecular weight is 494 g/mol. The number of hydrogen-bond donors (Lipinski definition) is 4. The molecule has 3 aromatic carbocycles. The van der Waals surface area contributed by atoms with E-state index in [9.17, 15) is 40.0 Å². The number of nitrogens with one attached hydrogen (secondary N) is 2. The first-order valence-corrected chi connectivity index (χ1v) is 10.7. The van der Waals surface area contributed by atoms with E-state index < -0.39 is 33.9 Å². The maximum absolute atomic E-state index is 12.4. The van der Waals surface area contributed by atoms with E-state index in [2.05, 4.69) is 10.6 Å². The van der Waals surface area contributed by atoms with Crippen LogP contribution in [0.3, 0.4) is 0 Å². The number of aliphatic hydroxyl groups excluding tert-OH is 2. The molecular weight excluding hydrogens is 472 g/mol. The minimum atomic E-state index is -1.07. The molecule has 0 aliphatic heterocycles. The highest BCUT2D eigenvalue weighted by Crippen LogP contribution is 2.18. The van der Waals surface area contributed by atoms with Crippen LogP contribution in [0.2, 0.25) is 0 Å². The van der Waals surface area contributed by atoms with Crippen LogP contribution < -0.4 is 10.6 Å². The molecule has 36 heavy (non-hydrogen) atoms. The van der Waals surface area contributed by atoms with Crippen LogP contribution in [0, 0.1) is 20.2 Å². The zero-order chi connectivity index (χ0) is 26.2. The van der Waals surface area contributed by atoms with Gasteiger partial charge in [0.05, 0.1) is 22.1 Å². The summed E-state index contributed by atoms with van der Waals surface area (Å²) in [5, 5.41) is 46.9. The number of aliphatic hydroxyl groups is 2. The highest BCUT2D eigenvalue weighted by molar-refractivity contribution is 5.97. The summed E-state index contributed by atoms with van der Waals surface area (Å²) in [6, 6.07) is 16.4. The van der Waals surface area contributed by atoms with Gasteiger partial charge < -0.3 is 20.8 Å². The molecule has 0 aliphatic rings. The highest BCUT2D eigenvalue weighted by atomic mass is 16.6. The lowest BCUT2D eigenvalue weighted by atomic mass is 10.1. The Hall–Kier alpha value is -4.68. The fourth-order valence-electron chi connectivity index (χ4n) is 3.23. The molecule has 186 valence electrons. The number of carbonyl (C=O) groups is 2. The first-order chi connectivity index (χ1) is 17.2. The molecule has 12 nitrogen and oxygen atoms in total. The van der Waals surface area contributed by atoms with Crippen LogP contribution in [0.4, 0.5) is 11.4 Å². The topological polar surface area (TPSA) is 185 Å². The Morgan fingerprint density at radius 3 is 1.22 bits per heavy atom. The normalized spacial score (nSPS) is 12.3. The van der Waals surface area contributed by atoms with Crippen molar-refractivity contribution in [1.29, 1.82) is 0 Å². The number of rotatable bonds is 10. The van der Waals surface area contributed by atoms with E-state index in [1.165, 1.54) is 72.8 Å². The number of benzene rings is 3. The van der Waals surface area contributed by atoms with Gasteiger partial charge in [0, 0.05) is 48.5 Å². The first kappa shape index (κ1) is 25.9. The Labute approximate surface area is 204 Å². The van der Waals surface area contributed by atoms with Crippen molar-refractivity contribution in [2.45, 2.75) is 12.2 Å². The molecule has 0 saturated heterocycles. The first-order valence-electron chi connectivity index (χ1n) is 10.7. The van der Waals surface area contributed by atoms with Crippen molar-refractivity contribution in [2.75, 3.05) is 13.1 Å². The van der Waals surface area contributed by atoms with E-state index in [-0.39, 0.29) is 35.6 Å². The number of carbonyl (C=O) groups excluding carboxylic acids is 2. The van der Waals surface area contributed by atoms with Gasteiger partial charge in [-0.05, 0) is 59.7 Å². The minimum absolute atomic E-state index is 0.111. The lowest BCUT2D eigenvalue weighted by Crippen LogP contribution is -2.29. The second-order valence-electron chi connectivity index (χ2n) is 7.73. The molecule has 0 bridgehead atoms. The Morgan fingerprint density at radius 1 is 0.639 bits per heavy atom. The molecule has 3 aromatic rings. The SMILES string of the molecule is O=C(NCC(O)c1ccc([N+](=O)[O-])cc1)c1ccc(C(=O)NCC(O)c2ccc([N+](=O)[O-])cc2)cc1. The van der Waals surface area contributed by atoms with E-state index in [1.807, 2.05) is 0 Å². The minimum Gasteiger partial charge on any atom is -0.387 e. The quantitative estimate of drug-likeness (QED) is 0.244. The van der Waals surface area contributed by atoms with E-state index in [4.69, 9.17) is 0 Å². The summed E-state index contributed by atoms with van der Waals surface area (Å²) in [7, 11) is 0. The molecule has 12 heteroatoms. The Morgan fingerprint density at radius 2 is 0.944 bits per heavy atom. The molecule has 0 aromatic heterocycles. The summed E-state index contributed by atoms with van der Waals surface area (Å²) in [6.45, 7) is -0.251. The summed E-state index contributed by atoms with van der Waals surface area (Å²) in [5.74, 6) is -0.979. The third kappa shape index (κ3) is 6.68. The zero-order valence-corrected chi connectivity index (χ0v) is 18.7. The van der Waals surface area contributed by atoms with Crippen LogP contribution in [0.15, 0.2) is 72.8 Å². The molecule has 2 unspecified atom stereocenters. The van der Waals surface area contributed by atoms with Crippen molar-refractivity contribution in [3.63, 3.8) is 0 Å². The standard InChI is InChI=1S/C24H22N4O8/c29-21(15-5-9-19(10-6-15)27(33)34)13-25-23(31)17-1-2-18(4-3-17)24(32)26-14-22(30)16-7-11-20(12-8-16)28(35)36/h1-12,21-22,29-30H,13-14H2,(H,25,31)(H,26,32). The fraction of sp³-hybridized carbons (Fsp3) is 0.167. The smallest absolute Gasteiger partial charge is 0.269 e. The number of nitro benzene ring substituents is 2. The summed E-state index contributed by atoms with van der Waals surface area (Å²) in [6.07, 6.45) is -2.14. The molecule has 0 saturated carbocycles. The lowest BCUT2D eigenvalue weighted by molar-refractivity contribution is -0.385. The van der Waals surface area contributed by atoms with Crippen molar-refractivity contribution in [1.82, 2.24) is 10.6 Å². The van der Waals surface area contributed by atoms with Crippen molar-refractivity contribution in [3.8, 4) is 0 Å². The maximum Gasteiger partial charge on any atom is 0.269 e. The maximum atomic E-state index is 12.4.